The third-order valence-electron chi connectivity index (χ3n) is 4.43. The number of hydrogen-bond acceptors (Lipinski definition) is 5. The van der Waals surface area contributed by atoms with Crippen molar-refractivity contribution >= 4 is 46.1 Å². The first-order valence-electron chi connectivity index (χ1n) is 8.66. The van der Waals surface area contributed by atoms with Crippen molar-refractivity contribution in [3.8, 4) is 0 Å². The van der Waals surface area contributed by atoms with Crippen LogP contribution in [0, 0.1) is 0 Å². The van der Waals surface area contributed by atoms with Gasteiger partial charge >= 0.3 is 0 Å². The highest BCUT2D eigenvalue weighted by molar-refractivity contribution is 7.99. The van der Waals surface area contributed by atoms with Gasteiger partial charge in [-0.2, -0.15) is 0 Å². The van der Waals surface area contributed by atoms with Crippen LogP contribution >= 0.6 is 35.3 Å². The minimum absolute atomic E-state index is 0.369. The number of thiophene rings is 1. The molecule has 3 rings (SSSR count). The molecule has 1 heterocycles. The number of hydrogen-bond donors (Lipinski definition) is 2. The number of amides is 1. The van der Waals surface area contributed by atoms with Crippen LogP contribution in [-0.4, -0.2) is 16.5 Å². The number of rotatable bonds is 6. The summed E-state index contributed by atoms with van der Waals surface area (Å²) in [6.07, 6.45) is 5.04. The molecule has 26 heavy (non-hydrogen) atoms. The molecular weight excluding hydrogens is 380 g/mol. The number of thioether (sulfide) groups is 1. The number of allylic oxidation sites excluding steroid dienone is 1. The maximum atomic E-state index is 11.9. The normalized spacial score (nSPS) is 15.3. The van der Waals surface area contributed by atoms with E-state index in [4.69, 9.17) is 23.7 Å². The van der Waals surface area contributed by atoms with Crippen molar-refractivity contribution in [3.63, 3.8) is 0 Å². The quantitative estimate of drug-likeness (QED) is 0.426. The van der Waals surface area contributed by atoms with E-state index in [-0.39, 0.29) is 5.91 Å². The van der Waals surface area contributed by atoms with E-state index in [1.165, 1.54) is 21.8 Å². The van der Waals surface area contributed by atoms with Crippen LogP contribution in [0.5, 0.6) is 0 Å². The summed E-state index contributed by atoms with van der Waals surface area (Å²) in [6.45, 7) is 2.19. The van der Waals surface area contributed by atoms with Crippen LogP contribution in [0.3, 0.4) is 0 Å². The van der Waals surface area contributed by atoms with Crippen LogP contribution in [0.2, 0.25) is 0 Å². The van der Waals surface area contributed by atoms with Gasteiger partial charge in [0, 0.05) is 21.8 Å². The summed E-state index contributed by atoms with van der Waals surface area (Å²) in [4.78, 5) is 15.7. The SMILES string of the molecule is CCCSc1ccc(Cc2sc(C(N)=O)c3c2C(=S)C(=CN)CC3)cc1. The summed E-state index contributed by atoms with van der Waals surface area (Å²) in [7, 11) is 0. The van der Waals surface area contributed by atoms with E-state index in [1.54, 1.807) is 6.20 Å². The lowest BCUT2D eigenvalue weighted by atomic mass is 9.87. The van der Waals surface area contributed by atoms with Gasteiger partial charge in [0.15, 0.2) is 0 Å². The number of carbonyl (C=O) groups is 1. The van der Waals surface area contributed by atoms with Crippen LogP contribution in [0.25, 0.3) is 0 Å². The van der Waals surface area contributed by atoms with Crippen molar-refractivity contribution in [2.24, 2.45) is 11.5 Å². The smallest absolute Gasteiger partial charge is 0.259 e. The maximum Gasteiger partial charge on any atom is 0.259 e. The molecule has 136 valence electrons. The predicted molar refractivity (Wildman–Crippen MR) is 115 cm³/mol. The van der Waals surface area contributed by atoms with E-state index in [9.17, 15) is 4.79 Å². The second-order valence-electron chi connectivity index (χ2n) is 6.26. The molecule has 6 heteroatoms. The number of primary amides is 1. The summed E-state index contributed by atoms with van der Waals surface area (Å²) in [5.74, 6) is 0.758. The van der Waals surface area contributed by atoms with Crippen molar-refractivity contribution in [2.75, 3.05) is 5.75 Å². The topological polar surface area (TPSA) is 69.1 Å². The highest BCUT2D eigenvalue weighted by atomic mass is 32.2. The lowest BCUT2D eigenvalue weighted by Gasteiger charge is -2.18. The summed E-state index contributed by atoms with van der Waals surface area (Å²) in [5, 5.41) is 0. The molecule has 0 saturated carbocycles. The van der Waals surface area contributed by atoms with Gasteiger partial charge in [0.25, 0.3) is 5.91 Å². The fourth-order valence-corrected chi connectivity index (χ4v) is 5.63. The molecule has 1 aliphatic carbocycles. The van der Waals surface area contributed by atoms with Crippen LogP contribution < -0.4 is 11.5 Å². The molecule has 1 aliphatic rings. The first kappa shape index (κ1) is 19.1. The van der Waals surface area contributed by atoms with E-state index in [2.05, 4.69) is 31.2 Å². The minimum Gasteiger partial charge on any atom is -0.404 e. The van der Waals surface area contributed by atoms with Crippen LogP contribution in [0.15, 0.2) is 40.9 Å². The fraction of sp³-hybridized carbons (Fsp3) is 0.300. The number of thiocarbonyl (C=S) groups is 1. The zero-order chi connectivity index (χ0) is 18.7. The molecule has 0 unspecified atom stereocenters. The fourth-order valence-electron chi connectivity index (χ4n) is 3.14. The number of carbonyl (C=O) groups excluding carboxylic acids is 1. The van der Waals surface area contributed by atoms with Gasteiger partial charge in [0.2, 0.25) is 0 Å². The third kappa shape index (κ3) is 3.87. The van der Waals surface area contributed by atoms with Crippen LogP contribution in [0.1, 0.15) is 51.0 Å². The van der Waals surface area contributed by atoms with Gasteiger partial charge in [0.05, 0.1) is 9.74 Å². The van der Waals surface area contributed by atoms with Crippen molar-refractivity contribution < 1.29 is 4.79 Å². The Hall–Kier alpha value is -1.63. The molecule has 2 aromatic rings. The number of benzene rings is 1. The molecule has 0 saturated heterocycles. The van der Waals surface area contributed by atoms with E-state index in [0.29, 0.717) is 4.88 Å². The second-order valence-corrected chi connectivity index (χ2v) is 8.94. The van der Waals surface area contributed by atoms with Gasteiger partial charge < -0.3 is 11.5 Å². The summed E-state index contributed by atoms with van der Waals surface area (Å²) in [6, 6.07) is 8.63. The van der Waals surface area contributed by atoms with Crippen molar-refractivity contribution in [1.29, 1.82) is 0 Å². The molecule has 0 aliphatic heterocycles. The standard InChI is InChI=1S/C20H22N2OS3/c1-2-9-25-14-6-3-12(4-7-14)10-16-17-15(19(26-16)20(22)23)8-5-13(11-21)18(17)24/h3-4,6-7,11H,2,5,8-10,21H2,1H3,(H2,22,23). The molecule has 0 bridgehead atoms. The average Bonchev–Trinajstić information content (AvgIpc) is 3.01. The van der Waals surface area contributed by atoms with Gasteiger partial charge in [-0.1, -0.05) is 31.3 Å². The second kappa shape index (κ2) is 8.37. The Morgan fingerprint density at radius 2 is 2.04 bits per heavy atom. The van der Waals surface area contributed by atoms with Crippen molar-refractivity contribution in [2.45, 2.75) is 37.5 Å². The summed E-state index contributed by atoms with van der Waals surface area (Å²) >= 11 is 9.00. The molecule has 0 atom stereocenters. The van der Waals surface area contributed by atoms with E-state index < -0.39 is 0 Å². The van der Waals surface area contributed by atoms with E-state index >= 15 is 0 Å². The molecule has 0 spiro atoms. The first-order chi connectivity index (χ1) is 12.5. The zero-order valence-electron chi connectivity index (χ0n) is 14.7. The van der Waals surface area contributed by atoms with Crippen LogP contribution in [0.4, 0.5) is 0 Å². The molecule has 1 aromatic heterocycles. The predicted octanol–water partition coefficient (Wildman–Crippen LogP) is 4.45. The molecule has 1 aromatic carbocycles. The highest BCUT2D eigenvalue weighted by Gasteiger charge is 2.28. The zero-order valence-corrected chi connectivity index (χ0v) is 17.2. The molecule has 3 nitrogen and oxygen atoms in total. The van der Waals surface area contributed by atoms with Gasteiger partial charge in [-0.25, -0.2) is 0 Å². The highest BCUT2D eigenvalue weighted by Crippen LogP contribution is 2.37. The Balaban J connectivity index is 1.93. The average molecular weight is 403 g/mol. The maximum absolute atomic E-state index is 11.9. The molecule has 4 N–H and O–H groups in total. The first-order valence-corrected chi connectivity index (χ1v) is 10.9. The van der Waals surface area contributed by atoms with Gasteiger partial charge in [-0.15, -0.1) is 23.1 Å². The Kier molecular flexibility index (Phi) is 6.16. The molecule has 0 fully saturated rings. The van der Waals surface area contributed by atoms with Gasteiger partial charge in [-0.3, -0.25) is 4.79 Å². The van der Waals surface area contributed by atoms with E-state index in [1.807, 2.05) is 11.8 Å². The Morgan fingerprint density at radius 1 is 1.31 bits per heavy atom. The molecule has 0 radical (unpaired) electrons. The monoisotopic (exact) mass is 402 g/mol. The minimum atomic E-state index is -0.369. The Morgan fingerprint density at radius 3 is 2.65 bits per heavy atom. The summed E-state index contributed by atoms with van der Waals surface area (Å²) < 4.78 is 0. The van der Waals surface area contributed by atoms with Gasteiger partial charge in [0.1, 0.15) is 0 Å². The lowest BCUT2D eigenvalue weighted by molar-refractivity contribution is 0.100. The Bertz CT molecular complexity index is 866. The van der Waals surface area contributed by atoms with Crippen LogP contribution in [-0.2, 0) is 12.8 Å². The van der Waals surface area contributed by atoms with Gasteiger partial charge in [-0.05, 0) is 60.0 Å². The molecule has 1 amide bonds. The van der Waals surface area contributed by atoms with Crippen molar-refractivity contribution in [1.82, 2.24) is 0 Å². The van der Waals surface area contributed by atoms with E-state index in [0.717, 1.165) is 57.9 Å². The number of nitrogens with two attached hydrogens (primary N) is 2. The summed E-state index contributed by atoms with van der Waals surface area (Å²) in [5.41, 5.74) is 15.5. The Labute approximate surface area is 167 Å². The molecular formula is C20H22N2OS3. The largest absolute Gasteiger partial charge is 0.404 e. The van der Waals surface area contributed by atoms with Crippen molar-refractivity contribution in [3.05, 3.63) is 62.5 Å². The lowest BCUT2D eigenvalue weighted by Crippen LogP contribution is -2.18. The number of fused-ring (bicyclic) bond motifs is 1. The third-order valence-corrected chi connectivity index (χ3v) is 7.36.